The first-order chi connectivity index (χ1) is 14.7. The summed E-state index contributed by atoms with van der Waals surface area (Å²) in [4.78, 5) is 19.4. The molecule has 0 radical (unpaired) electrons. The van der Waals surface area contributed by atoms with Gasteiger partial charge in [0.15, 0.2) is 5.96 Å². The fourth-order valence-electron chi connectivity index (χ4n) is 3.76. The number of carbonyl (C=O) groups excluding carboxylic acids is 1. The maximum atomic E-state index is 12.2. The van der Waals surface area contributed by atoms with Crippen molar-refractivity contribution in [2.45, 2.75) is 45.8 Å². The van der Waals surface area contributed by atoms with Gasteiger partial charge in [-0.1, -0.05) is 19.1 Å². The van der Waals surface area contributed by atoms with E-state index in [1.54, 1.807) is 23.1 Å². The largest absolute Gasteiger partial charge is 0.357 e. The molecular formula is C22H34IN7O. The second-order valence-electron chi connectivity index (χ2n) is 7.45. The van der Waals surface area contributed by atoms with Crippen molar-refractivity contribution in [1.29, 1.82) is 0 Å². The number of hydrogen-bond donors (Lipinski definition) is 3. The molecule has 2 heterocycles. The van der Waals surface area contributed by atoms with Crippen LogP contribution in [0.25, 0.3) is 0 Å². The Morgan fingerprint density at radius 1 is 1.26 bits per heavy atom. The number of rotatable bonds is 9. The molecule has 1 aliphatic rings. The minimum Gasteiger partial charge on any atom is -0.357 e. The first-order valence-corrected chi connectivity index (χ1v) is 10.8. The summed E-state index contributed by atoms with van der Waals surface area (Å²) in [5.74, 6) is 0.722. The van der Waals surface area contributed by atoms with Crippen molar-refractivity contribution in [3.8, 4) is 0 Å². The minimum atomic E-state index is -0.105. The molecule has 3 rings (SSSR count). The first kappa shape index (κ1) is 25.1. The molecule has 9 heteroatoms. The van der Waals surface area contributed by atoms with Gasteiger partial charge in [0.1, 0.15) is 6.54 Å². The van der Waals surface area contributed by atoms with Crippen LogP contribution in [-0.2, 0) is 17.9 Å². The van der Waals surface area contributed by atoms with Crippen molar-refractivity contribution in [1.82, 2.24) is 25.3 Å². The molecule has 1 atom stereocenters. The number of nitrogens with zero attached hydrogens (tertiary/aromatic N) is 4. The molecule has 170 valence electrons. The van der Waals surface area contributed by atoms with Crippen LogP contribution >= 0.6 is 24.0 Å². The van der Waals surface area contributed by atoms with Gasteiger partial charge in [-0.3, -0.25) is 14.4 Å². The molecule has 1 fully saturated rings. The van der Waals surface area contributed by atoms with E-state index in [9.17, 15) is 4.79 Å². The predicted octanol–water partition coefficient (Wildman–Crippen LogP) is 2.68. The molecule has 2 aromatic rings. The fraction of sp³-hybridized carbons (Fsp3) is 0.500. The lowest BCUT2D eigenvalue weighted by Gasteiger charge is -2.24. The van der Waals surface area contributed by atoms with Gasteiger partial charge >= 0.3 is 0 Å². The molecule has 1 unspecified atom stereocenters. The number of guanidine groups is 1. The zero-order valence-electron chi connectivity index (χ0n) is 18.4. The van der Waals surface area contributed by atoms with E-state index in [0.29, 0.717) is 12.6 Å². The molecule has 0 saturated carbocycles. The number of likely N-dealkylation sites (N-methyl/N-ethyl adjacent to an activating group) is 1. The van der Waals surface area contributed by atoms with Crippen molar-refractivity contribution in [3.05, 3.63) is 48.3 Å². The lowest BCUT2D eigenvalue weighted by molar-refractivity contribution is -0.116. The van der Waals surface area contributed by atoms with Crippen LogP contribution < -0.4 is 16.0 Å². The Labute approximate surface area is 201 Å². The highest BCUT2D eigenvalue weighted by atomic mass is 127. The molecule has 1 aliphatic heterocycles. The van der Waals surface area contributed by atoms with Crippen molar-refractivity contribution < 1.29 is 4.79 Å². The summed E-state index contributed by atoms with van der Waals surface area (Å²) in [6.45, 7) is 9.04. The molecule has 1 amide bonds. The normalized spacial score (nSPS) is 16.6. The molecule has 1 aromatic heterocycles. The van der Waals surface area contributed by atoms with E-state index in [2.05, 4.69) is 39.8 Å². The van der Waals surface area contributed by atoms with E-state index in [1.165, 1.54) is 19.4 Å². The minimum absolute atomic E-state index is 0. The fourth-order valence-corrected chi connectivity index (χ4v) is 3.76. The number of carbonyl (C=O) groups is 1. The summed E-state index contributed by atoms with van der Waals surface area (Å²) in [6, 6.07) is 10.2. The van der Waals surface area contributed by atoms with Crippen molar-refractivity contribution in [2.75, 3.05) is 31.5 Å². The Kier molecular flexibility index (Phi) is 10.8. The summed E-state index contributed by atoms with van der Waals surface area (Å²) in [7, 11) is 0. The van der Waals surface area contributed by atoms with Crippen LogP contribution in [-0.4, -0.2) is 58.8 Å². The van der Waals surface area contributed by atoms with E-state index in [1.807, 2.05) is 24.3 Å². The number of benzene rings is 1. The van der Waals surface area contributed by atoms with Crippen LogP contribution in [0.4, 0.5) is 5.69 Å². The topological polar surface area (TPSA) is 86.6 Å². The quantitative estimate of drug-likeness (QED) is 0.259. The van der Waals surface area contributed by atoms with Gasteiger partial charge in [0.2, 0.25) is 5.91 Å². The maximum absolute atomic E-state index is 12.2. The monoisotopic (exact) mass is 539 g/mol. The van der Waals surface area contributed by atoms with Gasteiger partial charge in [-0.15, -0.1) is 24.0 Å². The van der Waals surface area contributed by atoms with Crippen molar-refractivity contribution in [2.24, 2.45) is 4.99 Å². The Balaban J connectivity index is 0.00000341. The van der Waals surface area contributed by atoms with Crippen LogP contribution in [0.2, 0.25) is 0 Å². The van der Waals surface area contributed by atoms with Crippen LogP contribution in [0.5, 0.6) is 0 Å². The van der Waals surface area contributed by atoms with E-state index in [-0.39, 0.29) is 36.4 Å². The molecule has 3 N–H and O–H groups in total. The third-order valence-corrected chi connectivity index (χ3v) is 5.25. The molecular weight excluding hydrogens is 505 g/mol. The average Bonchev–Trinajstić information content (AvgIpc) is 3.42. The Morgan fingerprint density at radius 2 is 2.13 bits per heavy atom. The molecule has 8 nitrogen and oxygen atoms in total. The van der Waals surface area contributed by atoms with Gasteiger partial charge in [-0.25, -0.2) is 4.99 Å². The van der Waals surface area contributed by atoms with E-state index in [4.69, 9.17) is 4.99 Å². The summed E-state index contributed by atoms with van der Waals surface area (Å²) >= 11 is 0. The SMILES string of the molecule is CCNC(=NCc1cccc(NC(=O)Cn2cccn2)c1)NCC1CCCN1CC.I. The summed E-state index contributed by atoms with van der Waals surface area (Å²) < 4.78 is 1.60. The third-order valence-electron chi connectivity index (χ3n) is 5.25. The van der Waals surface area contributed by atoms with Crippen LogP contribution in [0.3, 0.4) is 0 Å². The average molecular weight is 539 g/mol. The number of aromatic nitrogens is 2. The lowest BCUT2D eigenvalue weighted by Crippen LogP contribution is -2.44. The number of likely N-dealkylation sites (tertiary alicyclic amines) is 1. The van der Waals surface area contributed by atoms with Gasteiger partial charge in [0, 0.05) is 37.2 Å². The van der Waals surface area contributed by atoms with E-state index in [0.717, 1.165) is 36.8 Å². The number of nitrogens with one attached hydrogen (secondary N) is 3. The Hall–Kier alpha value is -2.14. The van der Waals surface area contributed by atoms with E-state index >= 15 is 0 Å². The second-order valence-corrected chi connectivity index (χ2v) is 7.45. The Morgan fingerprint density at radius 3 is 2.87 bits per heavy atom. The maximum Gasteiger partial charge on any atom is 0.246 e. The standard InChI is InChI=1S/C22H33N7O.HI/c1-3-23-22(25-16-20-10-6-12-28(20)4-2)24-15-18-8-5-9-19(14-18)27-21(30)17-29-13-7-11-26-29;/h5,7-9,11,13-14,20H,3-4,6,10,12,15-17H2,1-2H3,(H,27,30)(H2,23,24,25);1H. The second kappa shape index (κ2) is 13.3. The number of hydrogen-bond acceptors (Lipinski definition) is 4. The van der Waals surface area contributed by atoms with Crippen molar-refractivity contribution in [3.63, 3.8) is 0 Å². The molecule has 1 saturated heterocycles. The van der Waals surface area contributed by atoms with Gasteiger partial charge < -0.3 is 16.0 Å². The summed E-state index contributed by atoms with van der Waals surface area (Å²) in [5, 5.41) is 13.8. The highest BCUT2D eigenvalue weighted by molar-refractivity contribution is 14.0. The van der Waals surface area contributed by atoms with E-state index < -0.39 is 0 Å². The summed E-state index contributed by atoms with van der Waals surface area (Å²) in [6.07, 6.45) is 5.94. The molecule has 1 aromatic carbocycles. The smallest absolute Gasteiger partial charge is 0.246 e. The lowest BCUT2D eigenvalue weighted by atomic mass is 10.2. The Bertz CT molecular complexity index is 825. The van der Waals surface area contributed by atoms with Crippen LogP contribution in [0, 0.1) is 0 Å². The highest BCUT2D eigenvalue weighted by Gasteiger charge is 2.22. The van der Waals surface area contributed by atoms with Gasteiger partial charge in [0.25, 0.3) is 0 Å². The molecule has 0 spiro atoms. The number of halogens is 1. The van der Waals surface area contributed by atoms with Gasteiger partial charge in [-0.05, 0) is 56.6 Å². The first-order valence-electron chi connectivity index (χ1n) is 10.8. The van der Waals surface area contributed by atoms with Crippen LogP contribution in [0.1, 0.15) is 32.3 Å². The van der Waals surface area contributed by atoms with Crippen LogP contribution in [0.15, 0.2) is 47.7 Å². The number of anilines is 1. The molecule has 31 heavy (non-hydrogen) atoms. The summed E-state index contributed by atoms with van der Waals surface area (Å²) in [5.41, 5.74) is 1.81. The zero-order chi connectivity index (χ0) is 21.2. The van der Waals surface area contributed by atoms with Crippen molar-refractivity contribution >= 4 is 41.5 Å². The molecule has 0 bridgehead atoms. The van der Waals surface area contributed by atoms with Gasteiger partial charge in [0.05, 0.1) is 6.54 Å². The highest BCUT2D eigenvalue weighted by Crippen LogP contribution is 2.15. The predicted molar refractivity (Wildman–Crippen MR) is 136 cm³/mol. The zero-order valence-corrected chi connectivity index (χ0v) is 20.7. The number of aliphatic imine (C=N–C) groups is 1. The number of amides is 1. The van der Waals surface area contributed by atoms with Gasteiger partial charge in [-0.2, -0.15) is 5.10 Å². The third kappa shape index (κ3) is 8.13. The molecule has 0 aliphatic carbocycles.